The van der Waals surface area contributed by atoms with Crippen molar-refractivity contribution in [3.05, 3.63) is 23.8 Å². The minimum Gasteiger partial charge on any atom is -0.478 e. The maximum absolute atomic E-state index is 11.3. The minimum absolute atomic E-state index is 0.146. The Hall–Kier alpha value is -2.44. The Kier molecular flexibility index (Phi) is 2.97. The highest BCUT2D eigenvalue weighted by Gasteiger charge is 2.27. The van der Waals surface area contributed by atoms with Gasteiger partial charge >= 0.3 is 5.97 Å². The van der Waals surface area contributed by atoms with Gasteiger partial charge in [-0.2, -0.15) is 0 Å². The van der Waals surface area contributed by atoms with Gasteiger partial charge in [-0.15, -0.1) is 5.10 Å². The molecule has 0 fully saturated rings. The summed E-state index contributed by atoms with van der Waals surface area (Å²) in [5, 5.41) is 16.8. The van der Waals surface area contributed by atoms with E-state index in [9.17, 15) is 9.59 Å². The van der Waals surface area contributed by atoms with Crippen LogP contribution in [0.4, 0.5) is 0 Å². The second kappa shape index (κ2) is 4.34. The summed E-state index contributed by atoms with van der Waals surface area (Å²) < 4.78 is 1.49. The Labute approximate surface area is 109 Å². The molecule has 0 unspecified atom stereocenters. The van der Waals surface area contributed by atoms with E-state index < -0.39 is 17.3 Å². The molecule has 0 aliphatic carbocycles. The SMILES string of the molecule is CC(C)(Cn1nnc2ccc(C(=O)O)cc21)C(N)=O. The number of aromatic nitrogens is 3. The number of nitrogens with zero attached hydrogens (tertiary/aromatic N) is 3. The molecule has 0 radical (unpaired) electrons. The smallest absolute Gasteiger partial charge is 0.335 e. The van der Waals surface area contributed by atoms with Crippen molar-refractivity contribution in [3.63, 3.8) is 0 Å². The van der Waals surface area contributed by atoms with E-state index in [4.69, 9.17) is 10.8 Å². The zero-order valence-electron chi connectivity index (χ0n) is 10.6. The molecule has 1 aromatic heterocycles. The van der Waals surface area contributed by atoms with Gasteiger partial charge in [0, 0.05) is 0 Å². The second-order valence-corrected chi connectivity index (χ2v) is 5.00. The Morgan fingerprint density at radius 3 is 2.68 bits per heavy atom. The van der Waals surface area contributed by atoms with Crippen LogP contribution in [0.5, 0.6) is 0 Å². The van der Waals surface area contributed by atoms with Crippen molar-refractivity contribution >= 4 is 22.9 Å². The van der Waals surface area contributed by atoms with Crippen molar-refractivity contribution in [2.24, 2.45) is 11.1 Å². The van der Waals surface area contributed by atoms with Gasteiger partial charge in [0.25, 0.3) is 0 Å². The van der Waals surface area contributed by atoms with Crippen molar-refractivity contribution in [1.29, 1.82) is 0 Å². The van der Waals surface area contributed by atoms with Crippen molar-refractivity contribution in [2.75, 3.05) is 0 Å². The number of carbonyl (C=O) groups is 2. The predicted molar refractivity (Wildman–Crippen MR) is 67.5 cm³/mol. The van der Waals surface area contributed by atoms with E-state index in [1.54, 1.807) is 19.9 Å². The van der Waals surface area contributed by atoms with Crippen LogP contribution in [0.2, 0.25) is 0 Å². The van der Waals surface area contributed by atoms with Crippen LogP contribution < -0.4 is 5.73 Å². The first kappa shape index (κ1) is 13.0. The van der Waals surface area contributed by atoms with Crippen molar-refractivity contribution in [1.82, 2.24) is 15.0 Å². The number of primary amides is 1. The molecule has 1 heterocycles. The van der Waals surface area contributed by atoms with Crippen LogP contribution in [0.1, 0.15) is 24.2 Å². The highest BCUT2D eigenvalue weighted by molar-refractivity contribution is 5.92. The first-order valence-electron chi connectivity index (χ1n) is 5.68. The summed E-state index contributed by atoms with van der Waals surface area (Å²) in [6, 6.07) is 4.53. The van der Waals surface area contributed by atoms with E-state index in [2.05, 4.69) is 10.3 Å². The molecular formula is C12H14N4O3. The van der Waals surface area contributed by atoms with E-state index >= 15 is 0 Å². The molecule has 2 rings (SSSR count). The van der Waals surface area contributed by atoms with Gasteiger partial charge in [-0.1, -0.05) is 5.21 Å². The van der Waals surface area contributed by atoms with E-state index in [1.165, 1.54) is 16.8 Å². The summed E-state index contributed by atoms with van der Waals surface area (Å²) in [4.78, 5) is 22.3. The molecule has 1 aromatic carbocycles. The average molecular weight is 262 g/mol. The topological polar surface area (TPSA) is 111 Å². The molecule has 0 aliphatic heterocycles. The first-order valence-corrected chi connectivity index (χ1v) is 5.68. The third-order valence-electron chi connectivity index (χ3n) is 2.97. The molecule has 19 heavy (non-hydrogen) atoms. The maximum Gasteiger partial charge on any atom is 0.335 e. The summed E-state index contributed by atoms with van der Waals surface area (Å²) in [7, 11) is 0. The molecule has 0 saturated carbocycles. The third-order valence-corrected chi connectivity index (χ3v) is 2.97. The van der Waals surface area contributed by atoms with Gasteiger partial charge in [-0.25, -0.2) is 9.48 Å². The van der Waals surface area contributed by atoms with Gasteiger partial charge in [-0.3, -0.25) is 4.79 Å². The maximum atomic E-state index is 11.3. The van der Waals surface area contributed by atoms with Crippen molar-refractivity contribution < 1.29 is 14.7 Å². The molecule has 2 aromatic rings. The number of benzene rings is 1. The van der Waals surface area contributed by atoms with Gasteiger partial charge < -0.3 is 10.8 Å². The monoisotopic (exact) mass is 262 g/mol. The summed E-state index contributed by atoms with van der Waals surface area (Å²) in [6.45, 7) is 3.63. The van der Waals surface area contributed by atoms with Gasteiger partial charge in [-0.05, 0) is 32.0 Å². The van der Waals surface area contributed by atoms with Crippen LogP contribution in [-0.2, 0) is 11.3 Å². The Morgan fingerprint density at radius 1 is 1.42 bits per heavy atom. The lowest BCUT2D eigenvalue weighted by Crippen LogP contribution is -2.35. The molecule has 1 amide bonds. The summed E-state index contributed by atoms with van der Waals surface area (Å²) >= 11 is 0. The number of nitrogens with two attached hydrogens (primary N) is 1. The quantitative estimate of drug-likeness (QED) is 0.839. The normalized spacial score (nSPS) is 11.7. The van der Waals surface area contributed by atoms with E-state index in [0.29, 0.717) is 11.0 Å². The van der Waals surface area contributed by atoms with Crippen LogP contribution in [0.25, 0.3) is 11.0 Å². The number of hydrogen-bond acceptors (Lipinski definition) is 4. The molecule has 0 atom stereocenters. The molecule has 3 N–H and O–H groups in total. The molecule has 7 nitrogen and oxygen atoms in total. The molecule has 0 bridgehead atoms. The highest BCUT2D eigenvalue weighted by atomic mass is 16.4. The molecule has 0 aliphatic rings. The number of rotatable bonds is 4. The van der Waals surface area contributed by atoms with Crippen LogP contribution in [0.15, 0.2) is 18.2 Å². The molecule has 0 saturated heterocycles. The Bertz CT molecular complexity index is 660. The lowest BCUT2D eigenvalue weighted by atomic mass is 9.93. The Morgan fingerprint density at radius 2 is 2.11 bits per heavy atom. The summed E-state index contributed by atoms with van der Waals surface area (Å²) in [5.41, 5.74) is 5.81. The fourth-order valence-electron chi connectivity index (χ4n) is 1.67. The van der Waals surface area contributed by atoms with Gasteiger partial charge in [0.2, 0.25) is 5.91 Å². The van der Waals surface area contributed by atoms with Crippen molar-refractivity contribution in [3.8, 4) is 0 Å². The lowest BCUT2D eigenvalue weighted by molar-refractivity contribution is -0.126. The van der Waals surface area contributed by atoms with E-state index in [-0.39, 0.29) is 12.1 Å². The fraction of sp³-hybridized carbons (Fsp3) is 0.333. The van der Waals surface area contributed by atoms with Crippen LogP contribution in [0, 0.1) is 5.41 Å². The number of hydrogen-bond donors (Lipinski definition) is 2. The second-order valence-electron chi connectivity index (χ2n) is 5.00. The van der Waals surface area contributed by atoms with Gasteiger partial charge in [0.05, 0.1) is 23.0 Å². The average Bonchev–Trinajstić information content (AvgIpc) is 2.71. The van der Waals surface area contributed by atoms with Gasteiger partial charge in [0.1, 0.15) is 5.52 Å². The van der Waals surface area contributed by atoms with Gasteiger partial charge in [0.15, 0.2) is 0 Å². The van der Waals surface area contributed by atoms with E-state index in [1.807, 2.05) is 0 Å². The molecule has 7 heteroatoms. The zero-order chi connectivity index (χ0) is 14.2. The van der Waals surface area contributed by atoms with Crippen LogP contribution >= 0.6 is 0 Å². The third kappa shape index (κ3) is 2.40. The van der Waals surface area contributed by atoms with E-state index in [0.717, 1.165) is 0 Å². The number of carbonyl (C=O) groups excluding carboxylic acids is 1. The largest absolute Gasteiger partial charge is 0.478 e. The molecule has 0 spiro atoms. The van der Waals surface area contributed by atoms with Crippen LogP contribution in [0.3, 0.4) is 0 Å². The number of carboxylic acid groups (broad SMARTS) is 1. The Balaban J connectivity index is 2.47. The van der Waals surface area contributed by atoms with Crippen LogP contribution in [-0.4, -0.2) is 32.0 Å². The summed E-state index contributed by atoms with van der Waals surface area (Å²) in [5.74, 6) is -1.48. The summed E-state index contributed by atoms with van der Waals surface area (Å²) in [6.07, 6.45) is 0. The number of carboxylic acids is 1. The number of amides is 1. The standard InChI is InChI=1S/C12H14N4O3/c1-12(2,11(13)19)6-16-9-5-7(10(17)18)3-4-8(9)14-15-16/h3-5H,6H2,1-2H3,(H2,13,19)(H,17,18). The minimum atomic E-state index is -1.02. The zero-order valence-corrected chi connectivity index (χ0v) is 10.6. The molecule has 100 valence electrons. The highest BCUT2D eigenvalue weighted by Crippen LogP contribution is 2.21. The fourth-order valence-corrected chi connectivity index (χ4v) is 1.67. The lowest BCUT2D eigenvalue weighted by Gasteiger charge is -2.20. The van der Waals surface area contributed by atoms with Crippen molar-refractivity contribution in [2.45, 2.75) is 20.4 Å². The molecular weight excluding hydrogens is 248 g/mol. The first-order chi connectivity index (χ1) is 8.81. The number of aromatic carboxylic acids is 1. The number of fused-ring (bicyclic) bond motifs is 1. The predicted octanol–water partition coefficient (Wildman–Crippen LogP) is 0.641.